The van der Waals surface area contributed by atoms with Gasteiger partial charge in [0.25, 0.3) is 0 Å². The van der Waals surface area contributed by atoms with E-state index in [2.05, 4.69) is 75.9 Å². The van der Waals surface area contributed by atoms with Gasteiger partial charge in [-0.25, -0.2) is 9.78 Å². The molecule has 0 bridgehead atoms. The molecule has 0 aliphatic heterocycles. The molecule has 8 nitrogen and oxygen atoms in total. The number of hydrogen-bond acceptors (Lipinski definition) is 5. The maximum atomic E-state index is 14.0. The summed E-state index contributed by atoms with van der Waals surface area (Å²) in [6, 6.07) is 45.5. The minimum atomic E-state index is -1.04. The Kier molecular flexibility index (Phi) is 10.5. The van der Waals surface area contributed by atoms with E-state index in [4.69, 9.17) is 9.72 Å². The van der Waals surface area contributed by atoms with E-state index in [0.717, 1.165) is 38.9 Å². The lowest BCUT2D eigenvalue weighted by molar-refractivity contribution is -0.125. The van der Waals surface area contributed by atoms with Crippen molar-refractivity contribution in [1.82, 2.24) is 20.2 Å². The highest BCUT2D eigenvalue weighted by atomic mass is 16.5. The Bertz CT molecular complexity index is 2050. The molecule has 8 heteroatoms. The van der Waals surface area contributed by atoms with Crippen molar-refractivity contribution in [1.29, 1.82) is 0 Å². The molecule has 0 radical (unpaired) electrons. The fraction of sp³-hybridized carbons (Fsp3) is 0.239. The number of ether oxygens (including phenoxy) is 1. The maximum Gasteiger partial charge on any atom is 0.407 e. The van der Waals surface area contributed by atoms with Crippen molar-refractivity contribution in [2.24, 2.45) is 5.41 Å². The molecule has 2 atom stereocenters. The van der Waals surface area contributed by atoms with Crippen LogP contribution in [0.1, 0.15) is 60.2 Å². The summed E-state index contributed by atoms with van der Waals surface area (Å²) in [7, 11) is 0. The molecule has 54 heavy (non-hydrogen) atoms. The Labute approximate surface area is 316 Å². The molecule has 6 aromatic rings. The van der Waals surface area contributed by atoms with Gasteiger partial charge >= 0.3 is 6.09 Å². The zero-order valence-corrected chi connectivity index (χ0v) is 30.9. The Morgan fingerprint density at radius 2 is 1.20 bits per heavy atom. The number of nitrogens with one attached hydrogen (secondary N) is 2. The quantitative estimate of drug-likeness (QED) is 0.113. The monoisotopic (exact) mass is 718 g/mol. The van der Waals surface area contributed by atoms with E-state index in [0.29, 0.717) is 5.69 Å². The average Bonchev–Trinajstić information content (AvgIpc) is 3.79. The average molecular weight is 719 g/mol. The summed E-state index contributed by atoms with van der Waals surface area (Å²) in [6.45, 7) is 5.69. The van der Waals surface area contributed by atoms with Gasteiger partial charge in [0.05, 0.1) is 24.7 Å². The topological polar surface area (TPSA) is 105 Å². The summed E-state index contributed by atoms with van der Waals surface area (Å²) < 4.78 is 7.96. The zero-order chi connectivity index (χ0) is 37.7. The first-order valence-corrected chi connectivity index (χ1v) is 18.4. The number of aromatic nitrogens is 2. The minimum absolute atomic E-state index is 0.0831. The summed E-state index contributed by atoms with van der Waals surface area (Å²) in [5.74, 6) is -0.569. The summed E-state index contributed by atoms with van der Waals surface area (Å²) in [5.41, 5.74) is 6.94. The van der Waals surface area contributed by atoms with Gasteiger partial charge in [-0.05, 0) is 44.4 Å². The number of amides is 2. The Hall–Kier alpha value is -5.99. The molecule has 0 spiro atoms. The number of aliphatic hydroxyl groups is 1. The van der Waals surface area contributed by atoms with Gasteiger partial charge in [0.15, 0.2) is 0 Å². The van der Waals surface area contributed by atoms with Crippen molar-refractivity contribution in [3.05, 3.63) is 186 Å². The van der Waals surface area contributed by atoms with E-state index in [1.165, 1.54) is 0 Å². The first-order chi connectivity index (χ1) is 26.2. The predicted molar refractivity (Wildman–Crippen MR) is 211 cm³/mol. The molecule has 1 aliphatic rings. The van der Waals surface area contributed by atoms with Crippen LogP contribution < -0.4 is 10.6 Å². The van der Waals surface area contributed by atoms with Gasteiger partial charge in [-0.15, -0.1) is 0 Å². The summed E-state index contributed by atoms with van der Waals surface area (Å²) in [5, 5.41) is 16.0. The van der Waals surface area contributed by atoms with Crippen LogP contribution in [0.5, 0.6) is 0 Å². The largest absolute Gasteiger partial charge is 0.449 e. The zero-order valence-electron chi connectivity index (χ0n) is 30.9. The van der Waals surface area contributed by atoms with Crippen LogP contribution in [0.3, 0.4) is 0 Å². The highest BCUT2D eigenvalue weighted by Crippen LogP contribution is 2.45. The minimum Gasteiger partial charge on any atom is -0.449 e. The van der Waals surface area contributed by atoms with Gasteiger partial charge in [-0.2, -0.15) is 0 Å². The third-order valence-corrected chi connectivity index (χ3v) is 10.5. The van der Waals surface area contributed by atoms with Crippen LogP contribution in [-0.4, -0.2) is 52.0 Å². The molecule has 2 amide bonds. The van der Waals surface area contributed by atoms with E-state index in [-0.39, 0.29) is 25.6 Å². The number of carbonyl (C=O) groups is 2. The number of nitrogens with zero attached hydrogens (tertiary/aromatic N) is 2. The van der Waals surface area contributed by atoms with E-state index >= 15 is 0 Å². The van der Waals surface area contributed by atoms with E-state index < -0.39 is 35.0 Å². The SMILES string of the molecule is CC(C)(C)[C@@H](CO)NC(=O)[C@H](Cc1cn(C(c2ccccc2)(c2ccccc2)c2ccccc2)cn1)NC(=O)OCC1c2ccccc2-c2ccccc21. The molecule has 1 aliphatic carbocycles. The molecule has 1 aromatic heterocycles. The van der Waals surface area contributed by atoms with Gasteiger partial charge < -0.3 is 25.0 Å². The van der Waals surface area contributed by atoms with Crippen LogP contribution >= 0.6 is 0 Å². The van der Waals surface area contributed by atoms with Crippen LogP contribution in [0.15, 0.2) is 152 Å². The van der Waals surface area contributed by atoms with Gasteiger partial charge in [-0.3, -0.25) is 4.79 Å². The number of carbonyl (C=O) groups excluding carboxylic acids is 2. The normalized spacial score (nSPS) is 13.7. The summed E-state index contributed by atoms with van der Waals surface area (Å²) >= 11 is 0. The summed E-state index contributed by atoms with van der Waals surface area (Å²) in [6.07, 6.45) is 3.11. The van der Waals surface area contributed by atoms with Crippen molar-refractivity contribution < 1.29 is 19.4 Å². The lowest BCUT2D eigenvalue weighted by Gasteiger charge is -2.37. The van der Waals surface area contributed by atoms with E-state index in [1.807, 2.05) is 106 Å². The van der Waals surface area contributed by atoms with E-state index in [1.54, 1.807) is 6.33 Å². The van der Waals surface area contributed by atoms with Crippen molar-refractivity contribution in [3.8, 4) is 11.1 Å². The number of alkyl carbamates (subject to hydrolysis) is 1. The molecular weight excluding hydrogens is 673 g/mol. The second-order valence-corrected chi connectivity index (χ2v) is 14.9. The Morgan fingerprint density at radius 1 is 0.722 bits per heavy atom. The molecule has 5 aromatic carbocycles. The number of hydrogen-bond donors (Lipinski definition) is 3. The van der Waals surface area contributed by atoms with Gasteiger partial charge in [0.2, 0.25) is 5.91 Å². The second-order valence-electron chi connectivity index (χ2n) is 14.9. The highest BCUT2D eigenvalue weighted by molar-refractivity contribution is 5.86. The van der Waals surface area contributed by atoms with Crippen LogP contribution in [0, 0.1) is 5.41 Å². The van der Waals surface area contributed by atoms with Crippen molar-refractivity contribution in [2.75, 3.05) is 13.2 Å². The molecule has 0 saturated heterocycles. The maximum absolute atomic E-state index is 14.0. The van der Waals surface area contributed by atoms with Crippen molar-refractivity contribution >= 4 is 12.0 Å². The van der Waals surface area contributed by atoms with Crippen LogP contribution in [0.2, 0.25) is 0 Å². The second kappa shape index (κ2) is 15.5. The predicted octanol–water partition coefficient (Wildman–Crippen LogP) is 7.70. The third kappa shape index (κ3) is 7.17. The lowest BCUT2D eigenvalue weighted by atomic mass is 9.77. The van der Waals surface area contributed by atoms with Crippen LogP contribution in [0.4, 0.5) is 4.79 Å². The first kappa shape index (κ1) is 36.4. The van der Waals surface area contributed by atoms with Crippen LogP contribution in [-0.2, 0) is 21.5 Å². The number of benzene rings is 5. The fourth-order valence-corrected chi connectivity index (χ4v) is 7.65. The van der Waals surface area contributed by atoms with Gasteiger partial charge in [0.1, 0.15) is 18.2 Å². The third-order valence-electron chi connectivity index (χ3n) is 10.5. The van der Waals surface area contributed by atoms with Crippen LogP contribution in [0.25, 0.3) is 11.1 Å². The Balaban J connectivity index is 1.20. The number of aliphatic hydroxyl groups excluding tert-OH is 1. The van der Waals surface area contributed by atoms with E-state index in [9.17, 15) is 14.7 Å². The molecule has 3 N–H and O–H groups in total. The molecular formula is C46H46N4O4. The van der Waals surface area contributed by atoms with Gasteiger partial charge in [0, 0.05) is 18.5 Å². The van der Waals surface area contributed by atoms with Gasteiger partial charge in [-0.1, -0.05) is 160 Å². The molecule has 1 heterocycles. The number of fused-ring (bicyclic) bond motifs is 3. The van der Waals surface area contributed by atoms with Crippen molar-refractivity contribution in [3.63, 3.8) is 0 Å². The summed E-state index contributed by atoms with van der Waals surface area (Å²) in [4.78, 5) is 32.5. The molecule has 0 fully saturated rings. The lowest BCUT2D eigenvalue weighted by Crippen LogP contribution is -2.54. The Morgan fingerprint density at radius 3 is 1.69 bits per heavy atom. The number of imidazole rings is 1. The molecule has 7 rings (SSSR count). The highest BCUT2D eigenvalue weighted by Gasteiger charge is 2.39. The standard InChI is InChI=1S/C46H46N4O4/c1-45(2,3)42(29-51)49-43(52)41(48-44(53)54-30-40-38-25-15-13-23-36(38)37-24-14-16-26-39(37)40)27-35-28-50(31-47-35)46(32-17-7-4-8-18-32,33-19-9-5-10-20-33)34-21-11-6-12-22-34/h4-26,28,31,40-42,51H,27,29-30H2,1-3H3,(H,48,53)(H,49,52)/t41-,42+/m0/s1. The molecule has 0 unspecified atom stereocenters. The smallest absolute Gasteiger partial charge is 0.407 e. The first-order valence-electron chi connectivity index (χ1n) is 18.4. The fourth-order valence-electron chi connectivity index (χ4n) is 7.65. The number of rotatable bonds is 12. The molecule has 0 saturated carbocycles. The van der Waals surface area contributed by atoms with Crippen molar-refractivity contribution in [2.45, 2.75) is 50.7 Å². The molecule has 274 valence electrons.